The van der Waals surface area contributed by atoms with Gasteiger partial charge < -0.3 is 10.4 Å². The van der Waals surface area contributed by atoms with Crippen LogP contribution in [0.2, 0.25) is 0 Å². The fourth-order valence-electron chi connectivity index (χ4n) is 2.41. The molecule has 2 rings (SSSR count). The summed E-state index contributed by atoms with van der Waals surface area (Å²) in [4.78, 5) is 23.5. The van der Waals surface area contributed by atoms with Gasteiger partial charge in [-0.25, -0.2) is 13.2 Å². The zero-order valence-electron chi connectivity index (χ0n) is 14.9. The number of carbonyl (C=O) groups excluding carboxylic acids is 1. The first-order valence-electron chi connectivity index (χ1n) is 8.55. The summed E-state index contributed by atoms with van der Waals surface area (Å²) >= 11 is 0. The van der Waals surface area contributed by atoms with Crippen LogP contribution in [0, 0.1) is 0 Å². The van der Waals surface area contributed by atoms with Crippen LogP contribution in [0.1, 0.15) is 36.5 Å². The first-order valence-corrected chi connectivity index (χ1v) is 10.0. The summed E-state index contributed by atoms with van der Waals surface area (Å²) < 4.78 is 27.2. The van der Waals surface area contributed by atoms with Gasteiger partial charge in [0.1, 0.15) is 6.04 Å². The zero-order chi connectivity index (χ0) is 19.9. The number of rotatable bonds is 9. The Balaban J connectivity index is 2.09. The highest BCUT2D eigenvalue weighted by molar-refractivity contribution is 7.92. The molecule has 8 heteroatoms. The van der Waals surface area contributed by atoms with Crippen molar-refractivity contribution in [3.05, 3.63) is 60.2 Å². The molecule has 2 aromatic rings. The fraction of sp³-hybridized carbons (Fsp3) is 0.263. The summed E-state index contributed by atoms with van der Waals surface area (Å²) in [5.74, 6) is -1.65. The molecule has 1 unspecified atom stereocenters. The molecular weight excluding hydrogens is 368 g/mol. The van der Waals surface area contributed by atoms with E-state index in [0.717, 1.165) is 6.42 Å². The summed E-state index contributed by atoms with van der Waals surface area (Å²) in [6, 6.07) is 12.8. The lowest BCUT2D eigenvalue weighted by Crippen LogP contribution is -2.40. The van der Waals surface area contributed by atoms with E-state index in [-0.39, 0.29) is 10.5 Å². The molecule has 0 heterocycles. The Bertz CT molecular complexity index is 880. The third-order valence-corrected chi connectivity index (χ3v) is 5.30. The van der Waals surface area contributed by atoms with Crippen LogP contribution >= 0.6 is 0 Å². The minimum absolute atomic E-state index is 0.00340. The summed E-state index contributed by atoms with van der Waals surface area (Å²) in [5.41, 5.74) is 0.621. The maximum Gasteiger partial charge on any atom is 0.326 e. The van der Waals surface area contributed by atoms with E-state index in [2.05, 4.69) is 10.0 Å². The maximum atomic E-state index is 12.4. The molecule has 0 spiro atoms. The summed E-state index contributed by atoms with van der Waals surface area (Å²) in [7, 11) is -3.78. The van der Waals surface area contributed by atoms with Crippen LogP contribution in [0.25, 0.3) is 0 Å². The van der Waals surface area contributed by atoms with Gasteiger partial charge in [-0.2, -0.15) is 0 Å². The maximum absolute atomic E-state index is 12.4. The molecule has 0 aromatic heterocycles. The first kappa shape index (κ1) is 20.4. The molecule has 2 aromatic carbocycles. The minimum Gasteiger partial charge on any atom is -0.480 e. The second-order valence-electron chi connectivity index (χ2n) is 6.00. The van der Waals surface area contributed by atoms with Gasteiger partial charge in [-0.3, -0.25) is 9.52 Å². The van der Waals surface area contributed by atoms with Crippen LogP contribution in [-0.4, -0.2) is 31.4 Å². The molecular formula is C19H22N2O5S. The predicted octanol–water partition coefficient (Wildman–Crippen LogP) is 2.86. The Hall–Kier alpha value is -2.87. The van der Waals surface area contributed by atoms with E-state index >= 15 is 0 Å². The predicted molar refractivity (Wildman–Crippen MR) is 102 cm³/mol. The topological polar surface area (TPSA) is 113 Å². The van der Waals surface area contributed by atoms with Crippen molar-refractivity contribution in [3.8, 4) is 0 Å². The van der Waals surface area contributed by atoms with Crippen molar-refractivity contribution >= 4 is 27.6 Å². The monoisotopic (exact) mass is 390 g/mol. The van der Waals surface area contributed by atoms with Crippen LogP contribution in [0.15, 0.2) is 59.5 Å². The number of carboxylic acids is 1. The molecule has 1 amide bonds. The van der Waals surface area contributed by atoms with Crippen molar-refractivity contribution in [2.24, 2.45) is 0 Å². The normalized spacial score (nSPS) is 12.2. The van der Waals surface area contributed by atoms with Gasteiger partial charge in [-0.15, -0.1) is 0 Å². The second kappa shape index (κ2) is 9.18. The van der Waals surface area contributed by atoms with Crippen LogP contribution in [-0.2, 0) is 14.8 Å². The third-order valence-electron chi connectivity index (χ3n) is 3.90. The smallest absolute Gasteiger partial charge is 0.326 e. The van der Waals surface area contributed by atoms with Gasteiger partial charge in [0, 0.05) is 11.3 Å². The standard InChI is InChI=1S/C19H22N2O5S/c1-2-3-9-17(19(23)24)20-18(22)14-10-12-16(13-11-14)27(25,26)21-15-7-5-4-6-8-15/h4-8,10-13,17,21H,2-3,9H2,1H3,(H,20,22)(H,23,24). The van der Waals surface area contributed by atoms with Gasteiger partial charge in [0.2, 0.25) is 0 Å². The molecule has 0 radical (unpaired) electrons. The van der Waals surface area contributed by atoms with Crippen molar-refractivity contribution in [2.45, 2.75) is 37.1 Å². The van der Waals surface area contributed by atoms with Gasteiger partial charge in [0.15, 0.2) is 0 Å². The van der Waals surface area contributed by atoms with Crippen molar-refractivity contribution in [1.82, 2.24) is 5.32 Å². The number of sulfonamides is 1. The molecule has 0 aliphatic rings. The summed E-state index contributed by atoms with van der Waals surface area (Å²) in [6.07, 6.45) is 1.84. The molecule has 0 saturated carbocycles. The van der Waals surface area contributed by atoms with Gasteiger partial charge >= 0.3 is 5.97 Å². The highest BCUT2D eigenvalue weighted by atomic mass is 32.2. The van der Waals surface area contributed by atoms with Crippen LogP contribution < -0.4 is 10.0 Å². The molecule has 1 atom stereocenters. The Morgan fingerprint density at radius 2 is 1.67 bits per heavy atom. The highest BCUT2D eigenvalue weighted by Gasteiger charge is 2.21. The molecule has 27 heavy (non-hydrogen) atoms. The lowest BCUT2D eigenvalue weighted by molar-refractivity contribution is -0.139. The summed E-state index contributed by atoms with van der Waals surface area (Å²) in [5, 5.41) is 11.6. The van der Waals surface area contributed by atoms with Crippen molar-refractivity contribution in [2.75, 3.05) is 4.72 Å². The number of unbranched alkanes of at least 4 members (excludes halogenated alkanes) is 1. The number of carboxylic acid groups (broad SMARTS) is 1. The molecule has 0 bridgehead atoms. The van der Waals surface area contributed by atoms with Crippen LogP contribution in [0.5, 0.6) is 0 Å². The number of nitrogens with one attached hydrogen (secondary N) is 2. The molecule has 0 aliphatic carbocycles. The quantitative estimate of drug-likeness (QED) is 0.609. The van der Waals surface area contributed by atoms with Crippen molar-refractivity contribution in [1.29, 1.82) is 0 Å². The number of para-hydroxylation sites is 1. The third kappa shape index (κ3) is 5.82. The van der Waals surface area contributed by atoms with Gasteiger partial charge in [0.25, 0.3) is 15.9 Å². The highest BCUT2D eigenvalue weighted by Crippen LogP contribution is 2.16. The Morgan fingerprint density at radius 1 is 1.04 bits per heavy atom. The minimum atomic E-state index is -3.78. The number of amides is 1. The van der Waals surface area contributed by atoms with E-state index in [9.17, 15) is 23.1 Å². The molecule has 0 saturated heterocycles. The zero-order valence-corrected chi connectivity index (χ0v) is 15.7. The average Bonchev–Trinajstić information content (AvgIpc) is 2.65. The molecule has 3 N–H and O–H groups in total. The van der Waals surface area contributed by atoms with Crippen molar-refractivity contribution < 1.29 is 23.1 Å². The van der Waals surface area contributed by atoms with Crippen LogP contribution in [0.4, 0.5) is 5.69 Å². The average molecular weight is 390 g/mol. The summed E-state index contributed by atoms with van der Waals surface area (Å²) in [6.45, 7) is 1.93. The number of carbonyl (C=O) groups is 2. The lowest BCUT2D eigenvalue weighted by Gasteiger charge is -2.14. The van der Waals surface area contributed by atoms with Crippen molar-refractivity contribution in [3.63, 3.8) is 0 Å². The molecule has 144 valence electrons. The number of anilines is 1. The number of hydrogen-bond donors (Lipinski definition) is 3. The number of aliphatic carboxylic acids is 1. The van der Waals surface area contributed by atoms with E-state index in [1.807, 2.05) is 6.92 Å². The SMILES string of the molecule is CCCCC(NC(=O)c1ccc(S(=O)(=O)Nc2ccccc2)cc1)C(=O)O. The Labute approximate surface area is 158 Å². The van der Waals surface area contributed by atoms with E-state index in [1.54, 1.807) is 30.3 Å². The Kier molecular flexibility index (Phi) is 6.95. The number of hydrogen-bond acceptors (Lipinski definition) is 4. The first-order chi connectivity index (χ1) is 12.8. The molecule has 7 nitrogen and oxygen atoms in total. The molecule has 0 aliphatic heterocycles. The van der Waals surface area contributed by atoms with E-state index in [0.29, 0.717) is 18.5 Å². The molecule has 0 fully saturated rings. The van der Waals surface area contributed by atoms with Crippen LogP contribution in [0.3, 0.4) is 0 Å². The second-order valence-corrected chi connectivity index (χ2v) is 7.68. The number of benzene rings is 2. The van der Waals surface area contributed by atoms with Gasteiger partial charge in [-0.05, 0) is 42.8 Å². The Morgan fingerprint density at radius 3 is 2.22 bits per heavy atom. The van der Waals surface area contributed by atoms with E-state index in [4.69, 9.17) is 0 Å². The van der Waals surface area contributed by atoms with Gasteiger partial charge in [-0.1, -0.05) is 38.0 Å². The van der Waals surface area contributed by atoms with Gasteiger partial charge in [0.05, 0.1) is 4.90 Å². The largest absolute Gasteiger partial charge is 0.480 e. The lowest BCUT2D eigenvalue weighted by atomic mass is 10.1. The van der Waals surface area contributed by atoms with E-state index in [1.165, 1.54) is 24.3 Å². The van der Waals surface area contributed by atoms with E-state index < -0.39 is 27.9 Å². The fourth-order valence-corrected chi connectivity index (χ4v) is 3.47.